The Kier molecular flexibility index (Phi) is 7.13. The maximum absolute atomic E-state index is 12.1. The summed E-state index contributed by atoms with van der Waals surface area (Å²) in [7, 11) is 0. The van der Waals surface area contributed by atoms with Gasteiger partial charge in [-0.15, -0.1) is 0 Å². The normalized spacial score (nSPS) is 13.8. The summed E-state index contributed by atoms with van der Waals surface area (Å²) in [6.07, 6.45) is 4.47. The molecule has 2 unspecified atom stereocenters. The van der Waals surface area contributed by atoms with Gasteiger partial charge in [0.2, 0.25) is 0 Å². The van der Waals surface area contributed by atoms with Gasteiger partial charge in [-0.25, -0.2) is 0 Å². The lowest BCUT2D eigenvalue weighted by atomic mass is 9.99. The first-order valence-electron chi connectivity index (χ1n) is 7.54. The zero-order valence-corrected chi connectivity index (χ0v) is 12.8. The molecule has 0 aliphatic heterocycles. The Balaban J connectivity index is 2.52. The van der Waals surface area contributed by atoms with Gasteiger partial charge in [0.1, 0.15) is 5.75 Å². The summed E-state index contributed by atoms with van der Waals surface area (Å²) >= 11 is 0. The third kappa shape index (κ3) is 4.87. The summed E-state index contributed by atoms with van der Waals surface area (Å²) < 4.78 is 5.41. The van der Waals surface area contributed by atoms with Gasteiger partial charge in [0.25, 0.3) is 0 Å². The lowest BCUT2D eigenvalue weighted by molar-refractivity contribution is -0.146. The highest BCUT2D eigenvalue weighted by atomic mass is 16.5. The number of hydrogen-bond acceptors (Lipinski definition) is 3. The van der Waals surface area contributed by atoms with E-state index in [9.17, 15) is 9.90 Å². The Labute approximate surface area is 122 Å². The molecule has 1 aromatic rings. The average molecular weight is 278 g/mol. The number of benzene rings is 1. The third-order valence-electron chi connectivity index (χ3n) is 3.76. The van der Waals surface area contributed by atoms with Gasteiger partial charge >= 0.3 is 5.97 Å². The lowest BCUT2D eigenvalue weighted by Crippen LogP contribution is -2.18. The maximum Gasteiger partial charge on any atom is 0.313 e. The molecule has 20 heavy (non-hydrogen) atoms. The molecular formula is C17H26O3. The Hall–Kier alpha value is -1.51. The predicted octanol–water partition coefficient (Wildman–Crippen LogP) is 4.26. The van der Waals surface area contributed by atoms with Crippen LogP contribution in [0.15, 0.2) is 24.3 Å². The van der Waals surface area contributed by atoms with E-state index in [2.05, 4.69) is 13.8 Å². The largest absolute Gasteiger partial charge is 0.508 e. The smallest absolute Gasteiger partial charge is 0.313 e. The van der Waals surface area contributed by atoms with E-state index in [0.29, 0.717) is 18.1 Å². The SMILES string of the molecule is CCCCC(CC)COC(=O)C(C)c1ccccc1O. The number of carbonyl (C=O) groups is 1. The molecule has 1 aromatic carbocycles. The number of phenols is 1. The zero-order valence-electron chi connectivity index (χ0n) is 12.8. The van der Waals surface area contributed by atoms with Crippen molar-refractivity contribution in [1.82, 2.24) is 0 Å². The molecule has 112 valence electrons. The van der Waals surface area contributed by atoms with E-state index in [0.717, 1.165) is 12.8 Å². The maximum atomic E-state index is 12.1. The number of esters is 1. The van der Waals surface area contributed by atoms with Crippen molar-refractivity contribution in [1.29, 1.82) is 0 Å². The highest BCUT2D eigenvalue weighted by Gasteiger charge is 2.20. The summed E-state index contributed by atoms with van der Waals surface area (Å²) in [6.45, 7) is 6.54. The number of hydrogen-bond donors (Lipinski definition) is 1. The quantitative estimate of drug-likeness (QED) is 0.723. The van der Waals surface area contributed by atoms with Gasteiger partial charge in [-0.1, -0.05) is 51.3 Å². The molecule has 0 spiro atoms. The molecule has 0 aliphatic carbocycles. The third-order valence-corrected chi connectivity index (χ3v) is 3.76. The van der Waals surface area contributed by atoms with Crippen molar-refractivity contribution in [2.45, 2.75) is 52.4 Å². The van der Waals surface area contributed by atoms with Crippen LogP contribution in [0.25, 0.3) is 0 Å². The van der Waals surface area contributed by atoms with Crippen LogP contribution in [0.2, 0.25) is 0 Å². The first-order chi connectivity index (χ1) is 9.60. The van der Waals surface area contributed by atoms with Crippen LogP contribution in [0.5, 0.6) is 5.75 Å². The van der Waals surface area contributed by atoms with Crippen LogP contribution < -0.4 is 0 Å². The summed E-state index contributed by atoms with van der Waals surface area (Å²) in [5, 5.41) is 9.76. The first-order valence-corrected chi connectivity index (χ1v) is 7.54. The van der Waals surface area contributed by atoms with Crippen molar-refractivity contribution >= 4 is 5.97 Å². The number of para-hydroxylation sites is 1. The molecule has 0 aromatic heterocycles. The fourth-order valence-electron chi connectivity index (χ4n) is 2.20. The van der Waals surface area contributed by atoms with Gasteiger partial charge in [0.15, 0.2) is 0 Å². The molecule has 1 rings (SSSR count). The minimum absolute atomic E-state index is 0.148. The van der Waals surface area contributed by atoms with Crippen molar-refractivity contribution in [3.63, 3.8) is 0 Å². The monoisotopic (exact) mass is 278 g/mol. The van der Waals surface area contributed by atoms with E-state index in [-0.39, 0.29) is 11.7 Å². The Morgan fingerprint density at radius 2 is 2.00 bits per heavy atom. The minimum atomic E-state index is -0.431. The molecular weight excluding hydrogens is 252 g/mol. The standard InChI is InChI=1S/C17H26O3/c1-4-6-9-14(5-2)12-20-17(19)13(3)15-10-7-8-11-16(15)18/h7-8,10-11,13-14,18H,4-6,9,12H2,1-3H3. The van der Waals surface area contributed by atoms with Crippen LogP contribution in [0.1, 0.15) is 57.9 Å². The van der Waals surface area contributed by atoms with E-state index in [1.807, 2.05) is 6.07 Å². The lowest BCUT2D eigenvalue weighted by Gasteiger charge is -2.17. The summed E-state index contributed by atoms with van der Waals surface area (Å²) in [5.41, 5.74) is 0.624. The van der Waals surface area contributed by atoms with Crippen LogP contribution in [0, 0.1) is 5.92 Å². The molecule has 0 saturated carbocycles. The highest BCUT2D eigenvalue weighted by Crippen LogP contribution is 2.26. The zero-order chi connectivity index (χ0) is 15.0. The summed E-state index contributed by atoms with van der Waals surface area (Å²) in [6, 6.07) is 6.91. The van der Waals surface area contributed by atoms with Crippen LogP contribution in [-0.2, 0) is 9.53 Å². The summed E-state index contributed by atoms with van der Waals surface area (Å²) in [5.74, 6) is -0.105. The fraction of sp³-hybridized carbons (Fsp3) is 0.588. The van der Waals surface area contributed by atoms with E-state index >= 15 is 0 Å². The van der Waals surface area contributed by atoms with Crippen molar-refractivity contribution in [3.8, 4) is 5.75 Å². The van der Waals surface area contributed by atoms with Gasteiger partial charge in [-0.2, -0.15) is 0 Å². The van der Waals surface area contributed by atoms with E-state index in [4.69, 9.17) is 4.74 Å². The molecule has 3 heteroatoms. The van der Waals surface area contributed by atoms with Crippen molar-refractivity contribution < 1.29 is 14.6 Å². The second-order valence-corrected chi connectivity index (χ2v) is 5.33. The molecule has 0 fully saturated rings. The second-order valence-electron chi connectivity index (χ2n) is 5.33. The van der Waals surface area contributed by atoms with E-state index in [1.54, 1.807) is 25.1 Å². The molecule has 0 aliphatic rings. The van der Waals surface area contributed by atoms with Crippen LogP contribution in [0.4, 0.5) is 0 Å². The number of carbonyl (C=O) groups excluding carboxylic acids is 1. The molecule has 0 heterocycles. The molecule has 0 saturated heterocycles. The number of phenolic OH excluding ortho intramolecular Hbond substituents is 1. The van der Waals surface area contributed by atoms with Gasteiger partial charge in [-0.3, -0.25) is 4.79 Å². The number of rotatable bonds is 8. The van der Waals surface area contributed by atoms with Crippen LogP contribution >= 0.6 is 0 Å². The predicted molar refractivity (Wildman–Crippen MR) is 80.8 cm³/mol. The van der Waals surface area contributed by atoms with Crippen LogP contribution in [-0.4, -0.2) is 17.7 Å². The Morgan fingerprint density at radius 3 is 2.60 bits per heavy atom. The van der Waals surface area contributed by atoms with Gasteiger partial charge in [-0.05, 0) is 25.3 Å². The minimum Gasteiger partial charge on any atom is -0.508 e. The second kappa shape index (κ2) is 8.62. The topological polar surface area (TPSA) is 46.5 Å². The first kappa shape index (κ1) is 16.5. The molecule has 0 bridgehead atoms. The van der Waals surface area contributed by atoms with Gasteiger partial charge in [0.05, 0.1) is 12.5 Å². The molecule has 0 radical (unpaired) electrons. The Bertz CT molecular complexity index is 414. The van der Waals surface area contributed by atoms with E-state index < -0.39 is 5.92 Å². The average Bonchev–Trinajstić information content (AvgIpc) is 2.47. The van der Waals surface area contributed by atoms with Gasteiger partial charge in [0, 0.05) is 5.56 Å². The highest BCUT2D eigenvalue weighted by molar-refractivity contribution is 5.78. The Morgan fingerprint density at radius 1 is 1.30 bits per heavy atom. The van der Waals surface area contributed by atoms with Crippen molar-refractivity contribution in [2.24, 2.45) is 5.92 Å². The molecule has 3 nitrogen and oxygen atoms in total. The number of aromatic hydroxyl groups is 1. The molecule has 1 N–H and O–H groups in total. The van der Waals surface area contributed by atoms with E-state index in [1.165, 1.54) is 12.8 Å². The van der Waals surface area contributed by atoms with Gasteiger partial charge < -0.3 is 9.84 Å². The number of ether oxygens (including phenoxy) is 1. The van der Waals surface area contributed by atoms with Crippen molar-refractivity contribution in [2.75, 3.05) is 6.61 Å². The van der Waals surface area contributed by atoms with Crippen LogP contribution in [0.3, 0.4) is 0 Å². The van der Waals surface area contributed by atoms with Crippen molar-refractivity contribution in [3.05, 3.63) is 29.8 Å². The summed E-state index contributed by atoms with van der Waals surface area (Å²) in [4.78, 5) is 12.1. The number of unbranched alkanes of at least 4 members (excludes halogenated alkanes) is 1. The molecule has 2 atom stereocenters. The fourth-order valence-corrected chi connectivity index (χ4v) is 2.20. The molecule has 0 amide bonds.